The number of anilines is 1. The van der Waals surface area contributed by atoms with Gasteiger partial charge in [0.15, 0.2) is 0 Å². The van der Waals surface area contributed by atoms with Gasteiger partial charge in [0, 0.05) is 22.6 Å². The van der Waals surface area contributed by atoms with Crippen molar-refractivity contribution in [1.29, 1.82) is 0 Å². The summed E-state index contributed by atoms with van der Waals surface area (Å²) >= 11 is 5.85. The monoisotopic (exact) mass is 322 g/mol. The summed E-state index contributed by atoms with van der Waals surface area (Å²) in [6, 6.07) is 8.80. The van der Waals surface area contributed by atoms with Gasteiger partial charge in [-0.15, -0.1) is 34.9 Å². The third-order valence-corrected chi connectivity index (χ3v) is 7.30. The summed E-state index contributed by atoms with van der Waals surface area (Å²) < 4.78 is 0.614. The number of hydrogen-bond donors (Lipinski definition) is 1. The predicted molar refractivity (Wildman–Crippen MR) is 92.9 cm³/mol. The van der Waals surface area contributed by atoms with Crippen LogP contribution < -0.4 is 5.32 Å². The van der Waals surface area contributed by atoms with Crippen LogP contribution >= 0.6 is 34.9 Å². The van der Waals surface area contributed by atoms with E-state index in [0.29, 0.717) is 4.58 Å². The van der Waals surface area contributed by atoms with Crippen molar-refractivity contribution < 1.29 is 0 Å². The van der Waals surface area contributed by atoms with E-state index in [4.69, 9.17) is 0 Å². The van der Waals surface area contributed by atoms with Crippen molar-refractivity contribution in [2.24, 2.45) is 0 Å². The second kappa shape index (κ2) is 6.87. The maximum Gasteiger partial charge on any atom is 0.0926 e. The van der Waals surface area contributed by atoms with Gasteiger partial charge in [-0.25, -0.2) is 4.98 Å². The van der Waals surface area contributed by atoms with Crippen LogP contribution in [-0.4, -0.2) is 16.5 Å². The number of thiazole rings is 1. The zero-order valence-corrected chi connectivity index (χ0v) is 13.9. The van der Waals surface area contributed by atoms with Crippen molar-refractivity contribution in [1.82, 2.24) is 4.98 Å². The number of nitrogens with one attached hydrogen (secondary N) is 1. The molecule has 1 aromatic carbocycles. The molecule has 0 radical (unpaired) electrons. The Labute approximate surface area is 132 Å². The van der Waals surface area contributed by atoms with E-state index in [2.05, 4.69) is 46.9 Å². The van der Waals surface area contributed by atoms with Crippen LogP contribution in [0, 0.1) is 0 Å². The molecule has 2 heterocycles. The zero-order chi connectivity index (χ0) is 13.8. The van der Waals surface area contributed by atoms with Crippen LogP contribution in [0.5, 0.6) is 0 Å². The zero-order valence-electron chi connectivity index (χ0n) is 11.5. The molecule has 0 unspecified atom stereocenters. The highest BCUT2D eigenvalue weighted by molar-refractivity contribution is 8.19. The molecule has 2 aromatic rings. The van der Waals surface area contributed by atoms with E-state index < -0.39 is 0 Å². The molecule has 0 amide bonds. The molecule has 2 nitrogen and oxygen atoms in total. The van der Waals surface area contributed by atoms with E-state index in [1.807, 2.05) is 23.5 Å². The Balaban J connectivity index is 1.63. The average molecular weight is 323 g/mol. The van der Waals surface area contributed by atoms with Gasteiger partial charge < -0.3 is 5.32 Å². The number of rotatable bonds is 5. The molecule has 1 aliphatic heterocycles. The molecule has 3 rings (SSSR count). The quantitative estimate of drug-likeness (QED) is 0.855. The molecular weight excluding hydrogens is 304 g/mol. The van der Waals surface area contributed by atoms with Crippen molar-refractivity contribution in [2.45, 2.75) is 24.5 Å². The van der Waals surface area contributed by atoms with Gasteiger partial charge in [-0.2, -0.15) is 0 Å². The smallest absolute Gasteiger partial charge is 0.0926 e. The van der Waals surface area contributed by atoms with Crippen molar-refractivity contribution in [3.05, 3.63) is 45.9 Å². The van der Waals surface area contributed by atoms with Crippen LogP contribution in [0.3, 0.4) is 0 Å². The minimum atomic E-state index is 0.614. The highest BCUT2D eigenvalue weighted by atomic mass is 32.2. The summed E-state index contributed by atoms with van der Waals surface area (Å²) in [6.45, 7) is 2.96. The van der Waals surface area contributed by atoms with Crippen molar-refractivity contribution in [3.8, 4) is 0 Å². The SMILES string of the molecule is CCc1nc(CNc2cccc(C3SCCS3)c2)cs1. The molecule has 1 N–H and O–H groups in total. The first-order chi connectivity index (χ1) is 9.85. The van der Waals surface area contributed by atoms with E-state index in [9.17, 15) is 0 Å². The van der Waals surface area contributed by atoms with E-state index in [1.54, 1.807) is 11.3 Å². The average Bonchev–Trinajstić information content (AvgIpc) is 3.17. The third-order valence-electron chi connectivity index (χ3n) is 3.16. The molecule has 1 aliphatic rings. The molecule has 0 bridgehead atoms. The largest absolute Gasteiger partial charge is 0.379 e. The fourth-order valence-electron chi connectivity index (χ4n) is 2.13. The molecule has 0 atom stereocenters. The molecule has 20 heavy (non-hydrogen) atoms. The molecule has 1 saturated heterocycles. The minimum Gasteiger partial charge on any atom is -0.379 e. The van der Waals surface area contributed by atoms with Gasteiger partial charge in [-0.3, -0.25) is 0 Å². The number of aryl methyl sites for hydroxylation is 1. The summed E-state index contributed by atoms with van der Waals surface area (Å²) in [6.07, 6.45) is 1.02. The molecule has 106 valence electrons. The van der Waals surface area contributed by atoms with Gasteiger partial charge in [0.05, 0.1) is 21.8 Å². The lowest BCUT2D eigenvalue weighted by atomic mass is 10.2. The van der Waals surface area contributed by atoms with E-state index >= 15 is 0 Å². The number of thioether (sulfide) groups is 2. The van der Waals surface area contributed by atoms with Crippen molar-refractivity contribution in [3.63, 3.8) is 0 Å². The number of nitrogens with zero attached hydrogens (tertiary/aromatic N) is 1. The molecule has 1 fully saturated rings. The molecular formula is C15H18N2S3. The Morgan fingerprint density at radius 3 is 2.90 bits per heavy atom. The lowest BCUT2D eigenvalue weighted by Gasteiger charge is -2.11. The summed E-state index contributed by atoms with van der Waals surface area (Å²) in [5.41, 5.74) is 3.76. The van der Waals surface area contributed by atoms with Crippen LogP contribution in [0.4, 0.5) is 5.69 Å². The van der Waals surface area contributed by atoms with Gasteiger partial charge in [0.25, 0.3) is 0 Å². The first kappa shape index (κ1) is 14.3. The minimum absolute atomic E-state index is 0.614. The van der Waals surface area contributed by atoms with Crippen molar-refractivity contribution >= 4 is 40.5 Å². The van der Waals surface area contributed by atoms with Gasteiger partial charge in [-0.05, 0) is 24.1 Å². The summed E-state index contributed by atoms with van der Waals surface area (Å²) in [5, 5.41) is 6.86. The van der Waals surface area contributed by atoms with E-state index in [0.717, 1.165) is 18.7 Å². The molecule has 0 spiro atoms. The van der Waals surface area contributed by atoms with Gasteiger partial charge in [0.1, 0.15) is 0 Å². The van der Waals surface area contributed by atoms with Gasteiger partial charge in [-0.1, -0.05) is 19.1 Å². The predicted octanol–water partition coefficient (Wildman–Crippen LogP) is 4.80. The number of aromatic nitrogens is 1. The van der Waals surface area contributed by atoms with Gasteiger partial charge >= 0.3 is 0 Å². The topological polar surface area (TPSA) is 24.9 Å². The Kier molecular flexibility index (Phi) is 4.91. The Morgan fingerprint density at radius 2 is 2.15 bits per heavy atom. The Bertz CT molecular complexity index is 562. The normalized spacial score (nSPS) is 15.7. The molecule has 5 heteroatoms. The van der Waals surface area contributed by atoms with Crippen molar-refractivity contribution in [2.75, 3.05) is 16.8 Å². The standard InChI is InChI=1S/C15H18N2S3/c1-2-14-17-13(10-20-14)9-16-12-5-3-4-11(8-12)15-18-6-7-19-15/h3-5,8,10,15-16H,2,6-7,9H2,1H3. The number of benzene rings is 1. The summed E-state index contributed by atoms with van der Waals surface area (Å²) in [4.78, 5) is 4.59. The van der Waals surface area contributed by atoms with E-state index in [-0.39, 0.29) is 0 Å². The van der Waals surface area contributed by atoms with Gasteiger partial charge in [0.2, 0.25) is 0 Å². The molecule has 1 aromatic heterocycles. The lowest BCUT2D eigenvalue weighted by molar-refractivity contribution is 1.01. The van der Waals surface area contributed by atoms with E-state index in [1.165, 1.54) is 27.8 Å². The molecule has 0 saturated carbocycles. The highest BCUT2D eigenvalue weighted by Crippen LogP contribution is 2.45. The fourth-order valence-corrected chi connectivity index (χ4v) is 5.71. The Morgan fingerprint density at radius 1 is 1.30 bits per heavy atom. The maximum atomic E-state index is 4.59. The number of hydrogen-bond acceptors (Lipinski definition) is 5. The van der Waals surface area contributed by atoms with Crippen LogP contribution in [-0.2, 0) is 13.0 Å². The first-order valence-electron chi connectivity index (χ1n) is 6.85. The fraction of sp³-hybridized carbons (Fsp3) is 0.400. The third kappa shape index (κ3) is 3.51. The highest BCUT2D eigenvalue weighted by Gasteiger charge is 2.18. The van der Waals surface area contributed by atoms with Crippen LogP contribution in [0.15, 0.2) is 29.6 Å². The summed E-state index contributed by atoms with van der Waals surface area (Å²) in [5.74, 6) is 2.54. The second-order valence-corrected chi connectivity index (χ2v) is 8.31. The Hall–Kier alpha value is -0.650. The van der Waals surface area contributed by atoms with Crippen LogP contribution in [0.2, 0.25) is 0 Å². The summed E-state index contributed by atoms with van der Waals surface area (Å²) in [7, 11) is 0. The van der Waals surface area contributed by atoms with Crippen LogP contribution in [0.1, 0.15) is 27.8 Å². The lowest BCUT2D eigenvalue weighted by Crippen LogP contribution is -2.00. The first-order valence-corrected chi connectivity index (χ1v) is 9.83. The maximum absolute atomic E-state index is 4.59. The second-order valence-electron chi connectivity index (χ2n) is 4.64. The van der Waals surface area contributed by atoms with Crippen LogP contribution in [0.25, 0.3) is 0 Å². The molecule has 0 aliphatic carbocycles.